The molecule has 1 aromatic heterocycles. The molecule has 2 aliphatic rings. The molecule has 116 valence electrons. The van der Waals surface area contributed by atoms with E-state index in [9.17, 15) is 0 Å². The van der Waals surface area contributed by atoms with Crippen molar-refractivity contribution in [1.29, 1.82) is 0 Å². The van der Waals surface area contributed by atoms with E-state index in [2.05, 4.69) is 26.9 Å². The van der Waals surface area contributed by atoms with E-state index in [1.807, 2.05) is 6.92 Å². The van der Waals surface area contributed by atoms with Crippen molar-refractivity contribution in [2.24, 2.45) is 5.73 Å². The van der Waals surface area contributed by atoms with Gasteiger partial charge in [0.25, 0.3) is 0 Å². The third-order valence-electron chi connectivity index (χ3n) is 5.13. The van der Waals surface area contributed by atoms with Crippen molar-refractivity contribution < 1.29 is 0 Å². The summed E-state index contributed by atoms with van der Waals surface area (Å²) in [5, 5.41) is 8.76. The lowest BCUT2D eigenvalue weighted by Gasteiger charge is -2.32. The number of piperidine rings is 1. The summed E-state index contributed by atoms with van der Waals surface area (Å²) in [6.45, 7) is 9.33. The lowest BCUT2D eigenvalue weighted by Crippen LogP contribution is -2.41. The Morgan fingerprint density at radius 3 is 2.57 bits per heavy atom. The molecule has 0 spiro atoms. The topological polar surface area (TPSA) is 58.3 Å². The first-order valence-corrected chi connectivity index (χ1v) is 8.22. The van der Waals surface area contributed by atoms with Gasteiger partial charge in [0.05, 0.1) is 5.69 Å². The van der Waals surface area contributed by atoms with Crippen LogP contribution in [0.2, 0.25) is 0 Å². The molecule has 21 heavy (non-hydrogen) atoms. The maximum absolute atomic E-state index is 5.96. The zero-order chi connectivity index (χ0) is 14.8. The van der Waals surface area contributed by atoms with Crippen LogP contribution in [-0.2, 0) is 6.54 Å². The molecule has 0 bridgehead atoms. The van der Waals surface area contributed by atoms with Gasteiger partial charge in [0.2, 0.25) is 0 Å². The summed E-state index contributed by atoms with van der Waals surface area (Å²) in [7, 11) is 0. The molecule has 1 atom stereocenters. The van der Waals surface area contributed by atoms with Crippen LogP contribution < -0.4 is 10.6 Å². The fourth-order valence-corrected chi connectivity index (χ4v) is 3.66. The SMILES string of the molecule is Cc1nnc(N2CCC(N3CCCCC3)C2)c(CN)c1C. The first-order chi connectivity index (χ1) is 10.2. The summed E-state index contributed by atoms with van der Waals surface area (Å²) in [5.41, 5.74) is 9.32. The third kappa shape index (κ3) is 2.90. The largest absolute Gasteiger partial charge is 0.353 e. The van der Waals surface area contributed by atoms with Gasteiger partial charge in [-0.3, -0.25) is 4.90 Å². The van der Waals surface area contributed by atoms with Gasteiger partial charge >= 0.3 is 0 Å². The highest BCUT2D eigenvalue weighted by Gasteiger charge is 2.30. The molecule has 0 aliphatic carbocycles. The lowest BCUT2D eigenvalue weighted by molar-refractivity contribution is 0.174. The molecule has 2 aliphatic heterocycles. The van der Waals surface area contributed by atoms with Crippen molar-refractivity contribution in [3.8, 4) is 0 Å². The van der Waals surface area contributed by atoms with E-state index in [1.54, 1.807) is 0 Å². The minimum Gasteiger partial charge on any atom is -0.353 e. The Bertz CT molecular complexity index is 496. The predicted molar refractivity (Wildman–Crippen MR) is 85.4 cm³/mol. The Balaban J connectivity index is 1.75. The average Bonchev–Trinajstić information content (AvgIpc) is 3.00. The van der Waals surface area contributed by atoms with Crippen LogP contribution >= 0.6 is 0 Å². The number of nitrogens with two attached hydrogens (primary N) is 1. The van der Waals surface area contributed by atoms with Crippen LogP contribution in [0.3, 0.4) is 0 Å². The van der Waals surface area contributed by atoms with Gasteiger partial charge in [-0.05, 0) is 51.8 Å². The first kappa shape index (κ1) is 14.7. The van der Waals surface area contributed by atoms with Gasteiger partial charge in [-0.25, -0.2) is 0 Å². The Hall–Kier alpha value is -1.20. The van der Waals surface area contributed by atoms with E-state index >= 15 is 0 Å². The van der Waals surface area contributed by atoms with Gasteiger partial charge in [-0.15, -0.1) is 5.10 Å². The zero-order valence-electron chi connectivity index (χ0n) is 13.3. The molecule has 0 aromatic carbocycles. The first-order valence-electron chi connectivity index (χ1n) is 8.22. The molecule has 0 amide bonds. The molecular formula is C16H27N5. The van der Waals surface area contributed by atoms with E-state index in [-0.39, 0.29) is 0 Å². The summed E-state index contributed by atoms with van der Waals surface area (Å²) in [4.78, 5) is 5.06. The van der Waals surface area contributed by atoms with E-state index in [1.165, 1.54) is 49.9 Å². The van der Waals surface area contributed by atoms with Crippen molar-refractivity contribution in [3.63, 3.8) is 0 Å². The fourth-order valence-electron chi connectivity index (χ4n) is 3.66. The van der Waals surface area contributed by atoms with Crippen molar-refractivity contribution in [2.75, 3.05) is 31.1 Å². The summed E-state index contributed by atoms with van der Waals surface area (Å²) >= 11 is 0. The van der Waals surface area contributed by atoms with Crippen molar-refractivity contribution in [1.82, 2.24) is 15.1 Å². The Morgan fingerprint density at radius 1 is 1.10 bits per heavy atom. The van der Waals surface area contributed by atoms with Crippen molar-refractivity contribution in [3.05, 3.63) is 16.8 Å². The molecule has 1 aromatic rings. The molecule has 3 heterocycles. The molecule has 0 radical (unpaired) electrons. The highest BCUT2D eigenvalue weighted by atomic mass is 15.3. The van der Waals surface area contributed by atoms with Crippen LogP contribution in [0.1, 0.15) is 42.5 Å². The molecule has 1 unspecified atom stereocenters. The standard InChI is InChI=1S/C16H27N5/c1-12-13(2)18-19-16(15(12)10-17)21-9-6-14(11-21)20-7-4-3-5-8-20/h14H,3-11,17H2,1-2H3. The molecule has 2 N–H and O–H groups in total. The third-order valence-corrected chi connectivity index (χ3v) is 5.13. The number of hydrogen-bond acceptors (Lipinski definition) is 5. The van der Waals surface area contributed by atoms with Gasteiger partial charge in [0.15, 0.2) is 5.82 Å². The van der Waals surface area contributed by atoms with E-state index in [0.717, 1.165) is 24.6 Å². The van der Waals surface area contributed by atoms with Crippen LogP contribution in [0.4, 0.5) is 5.82 Å². The normalized spacial score (nSPS) is 23.8. The summed E-state index contributed by atoms with van der Waals surface area (Å²) in [6, 6.07) is 0.680. The number of likely N-dealkylation sites (tertiary alicyclic amines) is 1. The molecule has 5 heteroatoms. The second-order valence-corrected chi connectivity index (χ2v) is 6.40. The van der Waals surface area contributed by atoms with Gasteiger partial charge < -0.3 is 10.6 Å². The molecule has 0 saturated carbocycles. The number of rotatable bonds is 3. The fraction of sp³-hybridized carbons (Fsp3) is 0.750. The van der Waals surface area contributed by atoms with Crippen LogP contribution in [0, 0.1) is 13.8 Å². The quantitative estimate of drug-likeness (QED) is 0.916. The van der Waals surface area contributed by atoms with Gasteiger partial charge in [0, 0.05) is 31.2 Å². The van der Waals surface area contributed by atoms with Gasteiger partial charge in [-0.2, -0.15) is 5.10 Å². The minimum atomic E-state index is 0.544. The highest BCUT2D eigenvalue weighted by molar-refractivity contribution is 5.51. The number of nitrogens with zero attached hydrogens (tertiary/aromatic N) is 4. The summed E-state index contributed by atoms with van der Waals surface area (Å²) in [5.74, 6) is 1.01. The highest BCUT2D eigenvalue weighted by Crippen LogP contribution is 2.27. The smallest absolute Gasteiger partial charge is 0.156 e. The van der Waals surface area contributed by atoms with E-state index < -0.39 is 0 Å². The van der Waals surface area contributed by atoms with E-state index in [0.29, 0.717) is 12.6 Å². The monoisotopic (exact) mass is 289 g/mol. The summed E-state index contributed by atoms with van der Waals surface area (Å²) in [6.07, 6.45) is 5.34. The molecule has 2 saturated heterocycles. The van der Waals surface area contributed by atoms with Crippen molar-refractivity contribution >= 4 is 5.82 Å². The minimum absolute atomic E-state index is 0.544. The van der Waals surface area contributed by atoms with Crippen LogP contribution in [0.15, 0.2) is 0 Å². The second kappa shape index (κ2) is 6.28. The molecule has 5 nitrogen and oxygen atoms in total. The predicted octanol–water partition coefficient (Wildman–Crippen LogP) is 1.62. The van der Waals surface area contributed by atoms with Crippen LogP contribution in [0.25, 0.3) is 0 Å². The number of anilines is 1. The summed E-state index contributed by atoms with van der Waals surface area (Å²) < 4.78 is 0. The van der Waals surface area contributed by atoms with Crippen LogP contribution in [0.5, 0.6) is 0 Å². The molecule has 2 fully saturated rings. The lowest BCUT2D eigenvalue weighted by atomic mass is 10.1. The maximum atomic E-state index is 5.96. The number of hydrogen-bond donors (Lipinski definition) is 1. The van der Waals surface area contributed by atoms with Gasteiger partial charge in [-0.1, -0.05) is 6.42 Å². The Morgan fingerprint density at radius 2 is 1.86 bits per heavy atom. The maximum Gasteiger partial charge on any atom is 0.156 e. The van der Waals surface area contributed by atoms with Crippen LogP contribution in [-0.4, -0.2) is 47.3 Å². The number of aryl methyl sites for hydroxylation is 1. The molecule has 3 rings (SSSR count). The molecular weight excluding hydrogens is 262 g/mol. The van der Waals surface area contributed by atoms with Crippen molar-refractivity contribution in [2.45, 2.75) is 52.1 Å². The number of aromatic nitrogens is 2. The zero-order valence-corrected chi connectivity index (χ0v) is 13.3. The second-order valence-electron chi connectivity index (χ2n) is 6.40. The Kier molecular flexibility index (Phi) is 4.40. The average molecular weight is 289 g/mol. The van der Waals surface area contributed by atoms with E-state index in [4.69, 9.17) is 5.73 Å². The van der Waals surface area contributed by atoms with Gasteiger partial charge in [0.1, 0.15) is 0 Å². The Labute approximate surface area is 127 Å².